The van der Waals surface area contributed by atoms with Crippen LogP contribution in [0, 0.1) is 6.92 Å². The second-order valence-corrected chi connectivity index (χ2v) is 10.0. The molecule has 0 saturated carbocycles. The normalized spacial score (nSPS) is 10.7. The van der Waals surface area contributed by atoms with Crippen LogP contribution in [0.3, 0.4) is 0 Å². The van der Waals surface area contributed by atoms with Crippen molar-refractivity contribution in [3.63, 3.8) is 0 Å². The Labute approximate surface area is 216 Å². The Morgan fingerprint density at radius 3 is 2.68 bits per heavy atom. The number of hydrogen-bond donors (Lipinski definition) is 2. The fourth-order valence-electron chi connectivity index (χ4n) is 3.61. The van der Waals surface area contributed by atoms with Crippen molar-refractivity contribution in [1.82, 2.24) is 9.78 Å². The van der Waals surface area contributed by atoms with E-state index in [4.69, 9.17) is 17.0 Å². The molecule has 2 aromatic carbocycles. The highest BCUT2D eigenvalue weighted by atomic mass is 79.9. The molecule has 2 heterocycles. The first-order valence-corrected chi connectivity index (χ1v) is 12.7. The Morgan fingerprint density at radius 1 is 1.18 bits per heavy atom. The van der Waals surface area contributed by atoms with Gasteiger partial charge in [0.2, 0.25) is 0 Å². The van der Waals surface area contributed by atoms with Gasteiger partial charge in [0.25, 0.3) is 0 Å². The molecule has 4 rings (SSSR count). The van der Waals surface area contributed by atoms with Gasteiger partial charge in [-0.1, -0.05) is 42.5 Å². The number of anilines is 2. The molecule has 174 valence electrons. The van der Waals surface area contributed by atoms with Crippen LogP contribution in [-0.4, -0.2) is 27.5 Å². The predicted molar refractivity (Wildman–Crippen MR) is 146 cm³/mol. The second-order valence-electron chi connectivity index (χ2n) is 7.46. The Hall–Kier alpha value is -3.01. The summed E-state index contributed by atoms with van der Waals surface area (Å²) in [5.41, 5.74) is 4.24. The number of rotatable bonds is 7. The number of halogens is 1. The number of nitrogens with zero attached hydrogens (tertiary/aromatic N) is 2. The number of ether oxygens (including phenoxy) is 1. The van der Waals surface area contributed by atoms with E-state index in [1.807, 2.05) is 72.4 Å². The van der Waals surface area contributed by atoms with Crippen molar-refractivity contribution < 1.29 is 9.53 Å². The van der Waals surface area contributed by atoms with Crippen molar-refractivity contribution >= 4 is 61.3 Å². The van der Waals surface area contributed by atoms with E-state index >= 15 is 0 Å². The first kappa shape index (κ1) is 24.1. The maximum atomic E-state index is 12.9. The quantitative estimate of drug-likeness (QED) is 0.195. The fourth-order valence-corrected chi connectivity index (χ4v) is 5.29. The highest BCUT2D eigenvalue weighted by Gasteiger charge is 2.25. The van der Waals surface area contributed by atoms with E-state index in [1.54, 1.807) is 13.1 Å². The van der Waals surface area contributed by atoms with Gasteiger partial charge in [-0.05, 0) is 65.3 Å². The van der Waals surface area contributed by atoms with Crippen LogP contribution in [0.1, 0.15) is 27.7 Å². The molecule has 0 aliphatic heterocycles. The summed E-state index contributed by atoms with van der Waals surface area (Å²) in [7, 11) is 0. The summed E-state index contributed by atoms with van der Waals surface area (Å²) in [6.45, 7) is 4.73. The summed E-state index contributed by atoms with van der Waals surface area (Å²) in [4.78, 5) is 13.9. The summed E-state index contributed by atoms with van der Waals surface area (Å²) in [5.74, 6) is -0.372. The van der Waals surface area contributed by atoms with Gasteiger partial charge < -0.3 is 15.4 Å². The molecule has 0 bridgehead atoms. The molecule has 0 amide bonds. The standard InChI is InChI=1S/C25H23BrN4O2S2/c1-3-32-24(31)22-21(18-9-5-4-6-10-18)16(2)34-23(22)29-25(33)28-20-11-7-8-17(12-20)14-30-15-19(26)13-27-30/h4-13,15H,3,14H2,1-2H3,(H2,28,29,33). The van der Waals surface area contributed by atoms with Gasteiger partial charge in [0.05, 0.1) is 23.8 Å². The smallest absolute Gasteiger partial charge is 0.341 e. The number of carbonyl (C=O) groups is 1. The van der Waals surface area contributed by atoms with E-state index in [0.717, 1.165) is 31.7 Å². The third-order valence-electron chi connectivity index (χ3n) is 4.98. The molecule has 34 heavy (non-hydrogen) atoms. The minimum absolute atomic E-state index is 0.295. The van der Waals surface area contributed by atoms with Gasteiger partial charge >= 0.3 is 5.97 Å². The average Bonchev–Trinajstić information content (AvgIpc) is 3.36. The number of esters is 1. The Balaban J connectivity index is 1.55. The lowest BCUT2D eigenvalue weighted by Crippen LogP contribution is -2.20. The van der Waals surface area contributed by atoms with Crippen LogP contribution in [0.4, 0.5) is 10.7 Å². The number of thiophene rings is 1. The van der Waals surface area contributed by atoms with Gasteiger partial charge in [-0.2, -0.15) is 5.10 Å². The van der Waals surface area contributed by atoms with Crippen molar-refractivity contribution in [2.75, 3.05) is 17.2 Å². The molecular weight excluding hydrogens is 532 g/mol. The molecule has 0 fully saturated rings. The van der Waals surface area contributed by atoms with E-state index in [0.29, 0.717) is 28.8 Å². The van der Waals surface area contributed by atoms with Crippen molar-refractivity contribution in [2.24, 2.45) is 0 Å². The van der Waals surface area contributed by atoms with Crippen molar-refractivity contribution in [2.45, 2.75) is 20.4 Å². The van der Waals surface area contributed by atoms with Crippen molar-refractivity contribution in [1.29, 1.82) is 0 Å². The predicted octanol–water partition coefficient (Wildman–Crippen LogP) is 6.72. The molecule has 6 nitrogen and oxygen atoms in total. The highest BCUT2D eigenvalue weighted by molar-refractivity contribution is 9.10. The first-order chi connectivity index (χ1) is 16.4. The molecule has 2 aromatic heterocycles. The van der Waals surface area contributed by atoms with Gasteiger partial charge in [0.1, 0.15) is 10.6 Å². The van der Waals surface area contributed by atoms with Gasteiger partial charge in [0.15, 0.2) is 5.11 Å². The molecular formula is C25H23BrN4O2S2. The number of thiocarbonyl (C=S) groups is 1. The first-order valence-electron chi connectivity index (χ1n) is 10.7. The third kappa shape index (κ3) is 5.72. The number of aromatic nitrogens is 2. The van der Waals surface area contributed by atoms with E-state index in [-0.39, 0.29) is 5.97 Å². The van der Waals surface area contributed by atoms with Crippen LogP contribution < -0.4 is 10.6 Å². The summed E-state index contributed by atoms with van der Waals surface area (Å²) in [6.07, 6.45) is 3.68. The lowest BCUT2D eigenvalue weighted by Gasteiger charge is -2.13. The average molecular weight is 556 g/mol. The van der Waals surface area contributed by atoms with Crippen LogP contribution in [0.25, 0.3) is 11.1 Å². The third-order valence-corrected chi connectivity index (χ3v) is 6.62. The number of benzene rings is 2. The number of nitrogens with one attached hydrogen (secondary N) is 2. The van der Waals surface area contributed by atoms with E-state index in [9.17, 15) is 4.79 Å². The van der Waals surface area contributed by atoms with E-state index in [2.05, 4.69) is 31.7 Å². The highest BCUT2D eigenvalue weighted by Crippen LogP contribution is 2.40. The molecule has 0 aliphatic carbocycles. The Kier molecular flexibility index (Phi) is 7.77. The van der Waals surface area contributed by atoms with Gasteiger partial charge in [-0.25, -0.2) is 4.79 Å². The zero-order valence-electron chi connectivity index (χ0n) is 18.7. The van der Waals surface area contributed by atoms with Gasteiger partial charge in [0, 0.05) is 22.3 Å². The zero-order valence-corrected chi connectivity index (χ0v) is 21.9. The van der Waals surface area contributed by atoms with Crippen LogP contribution in [0.5, 0.6) is 0 Å². The fraction of sp³-hybridized carbons (Fsp3) is 0.160. The van der Waals surface area contributed by atoms with E-state index < -0.39 is 0 Å². The van der Waals surface area contributed by atoms with Gasteiger partial charge in [-0.3, -0.25) is 4.68 Å². The van der Waals surface area contributed by atoms with Gasteiger partial charge in [-0.15, -0.1) is 11.3 Å². The summed E-state index contributed by atoms with van der Waals surface area (Å²) >= 11 is 10.5. The lowest BCUT2D eigenvalue weighted by atomic mass is 10.0. The number of carbonyl (C=O) groups excluding carboxylic acids is 1. The zero-order chi connectivity index (χ0) is 24.1. The van der Waals surface area contributed by atoms with Crippen molar-refractivity contribution in [3.05, 3.63) is 87.5 Å². The minimum Gasteiger partial charge on any atom is -0.462 e. The molecule has 0 radical (unpaired) electrons. The van der Waals surface area contributed by atoms with Crippen LogP contribution in [0.15, 0.2) is 71.5 Å². The number of hydrogen-bond acceptors (Lipinski definition) is 5. The molecule has 0 unspecified atom stereocenters. The Bertz CT molecular complexity index is 1320. The topological polar surface area (TPSA) is 68.2 Å². The molecule has 4 aromatic rings. The molecule has 2 N–H and O–H groups in total. The van der Waals surface area contributed by atoms with Crippen LogP contribution in [0.2, 0.25) is 0 Å². The van der Waals surface area contributed by atoms with Crippen LogP contribution >= 0.6 is 39.5 Å². The molecule has 0 atom stereocenters. The molecule has 0 saturated heterocycles. The minimum atomic E-state index is -0.372. The molecule has 9 heteroatoms. The summed E-state index contributed by atoms with van der Waals surface area (Å²) < 4.78 is 8.16. The SMILES string of the molecule is CCOC(=O)c1c(NC(=S)Nc2cccc(Cn3cc(Br)cn3)c2)sc(C)c1-c1ccccc1. The largest absolute Gasteiger partial charge is 0.462 e. The maximum absolute atomic E-state index is 12.9. The summed E-state index contributed by atoms with van der Waals surface area (Å²) in [5, 5.41) is 11.8. The maximum Gasteiger partial charge on any atom is 0.341 e. The molecule has 0 spiro atoms. The van der Waals surface area contributed by atoms with E-state index in [1.165, 1.54) is 11.3 Å². The Morgan fingerprint density at radius 2 is 1.97 bits per heavy atom. The molecule has 0 aliphatic rings. The van der Waals surface area contributed by atoms with Crippen LogP contribution in [-0.2, 0) is 11.3 Å². The lowest BCUT2D eigenvalue weighted by molar-refractivity contribution is 0.0529. The number of aryl methyl sites for hydroxylation is 1. The summed E-state index contributed by atoms with van der Waals surface area (Å²) in [6, 6.07) is 17.8. The van der Waals surface area contributed by atoms with Crippen molar-refractivity contribution in [3.8, 4) is 11.1 Å². The monoisotopic (exact) mass is 554 g/mol. The second kappa shape index (κ2) is 10.9.